The molecule has 0 rings (SSSR count). The fourth-order valence-electron chi connectivity index (χ4n) is 0.519. The quantitative estimate of drug-likeness (QED) is 0.263. The first-order valence-electron chi connectivity index (χ1n) is 3.42. The second-order valence-electron chi connectivity index (χ2n) is 1.95. The van der Waals surface area contributed by atoms with Crippen molar-refractivity contribution in [1.29, 1.82) is 0 Å². The maximum absolute atomic E-state index is 10.4. The SMILES string of the molecule is C=CC(=O)OCCCCON. The van der Waals surface area contributed by atoms with Gasteiger partial charge in [0.25, 0.3) is 0 Å². The van der Waals surface area contributed by atoms with Gasteiger partial charge in [0.05, 0.1) is 13.2 Å². The van der Waals surface area contributed by atoms with Gasteiger partial charge in [0.15, 0.2) is 0 Å². The van der Waals surface area contributed by atoms with Crippen LogP contribution in [0.15, 0.2) is 12.7 Å². The Labute approximate surface area is 65.9 Å². The maximum Gasteiger partial charge on any atom is 0.330 e. The Bertz CT molecular complexity index is 125. The van der Waals surface area contributed by atoms with Crippen LogP contribution in [0.4, 0.5) is 0 Å². The van der Waals surface area contributed by atoms with Crippen molar-refractivity contribution >= 4 is 5.97 Å². The monoisotopic (exact) mass is 159 g/mol. The van der Waals surface area contributed by atoms with Gasteiger partial charge >= 0.3 is 5.97 Å². The highest BCUT2D eigenvalue weighted by molar-refractivity contribution is 5.81. The Kier molecular flexibility index (Phi) is 6.67. The molecule has 64 valence electrons. The van der Waals surface area contributed by atoms with Crippen molar-refractivity contribution in [2.75, 3.05) is 13.2 Å². The standard InChI is InChI=1S/C7H13NO3/c1-2-7(9)10-5-3-4-6-11-8/h2H,1,3-6,8H2. The summed E-state index contributed by atoms with van der Waals surface area (Å²) in [7, 11) is 0. The molecule has 0 amide bonds. The Balaban J connectivity index is 3.01. The smallest absolute Gasteiger partial charge is 0.330 e. The number of ether oxygens (including phenoxy) is 1. The zero-order valence-corrected chi connectivity index (χ0v) is 6.41. The lowest BCUT2D eigenvalue weighted by Crippen LogP contribution is -2.05. The minimum atomic E-state index is -0.390. The average molecular weight is 159 g/mol. The summed E-state index contributed by atoms with van der Waals surface area (Å²) in [4.78, 5) is 14.8. The number of hydrogen-bond donors (Lipinski definition) is 1. The van der Waals surface area contributed by atoms with Gasteiger partial charge in [-0.1, -0.05) is 6.58 Å². The number of carbonyl (C=O) groups is 1. The van der Waals surface area contributed by atoms with Crippen molar-refractivity contribution in [2.24, 2.45) is 5.90 Å². The lowest BCUT2D eigenvalue weighted by molar-refractivity contribution is -0.137. The van der Waals surface area contributed by atoms with Crippen molar-refractivity contribution in [3.8, 4) is 0 Å². The second kappa shape index (κ2) is 7.24. The molecule has 0 bridgehead atoms. The van der Waals surface area contributed by atoms with Crippen molar-refractivity contribution in [3.63, 3.8) is 0 Å². The molecular weight excluding hydrogens is 146 g/mol. The van der Waals surface area contributed by atoms with Crippen LogP contribution in [0.1, 0.15) is 12.8 Å². The molecule has 11 heavy (non-hydrogen) atoms. The third-order valence-corrected chi connectivity index (χ3v) is 1.07. The molecule has 0 aromatic heterocycles. The Morgan fingerprint density at radius 3 is 2.64 bits per heavy atom. The zero-order valence-electron chi connectivity index (χ0n) is 6.41. The van der Waals surface area contributed by atoms with E-state index in [1.807, 2.05) is 0 Å². The van der Waals surface area contributed by atoms with Gasteiger partial charge in [-0.05, 0) is 12.8 Å². The van der Waals surface area contributed by atoms with Crippen LogP contribution in [0.3, 0.4) is 0 Å². The van der Waals surface area contributed by atoms with E-state index < -0.39 is 5.97 Å². The number of rotatable bonds is 6. The molecule has 0 fully saturated rings. The molecule has 0 aliphatic rings. The molecule has 0 saturated heterocycles. The fourth-order valence-corrected chi connectivity index (χ4v) is 0.519. The van der Waals surface area contributed by atoms with Crippen LogP contribution in [0.25, 0.3) is 0 Å². The molecule has 0 aromatic carbocycles. The van der Waals surface area contributed by atoms with Gasteiger partial charge in [-0.25, -0.2) is 10.7 Å². The summed E-state index contributed by atoms with van der Waals surface area (Å²) in [5.41, 5.74) is 0. The lowest BCUT2D eigenvalue weighted by Gasteiger charge is -2.00. The molecule has 4 nitrogen and oxygen atoms in total. The van der Waals surface area contributed by atoms with Crippen LogP contribution in [-0.4, -0.2) is 19.2 Å². The molecule has 0 spiro atoms. The molecule has 0 heterocycles. The Hall–Kier alpha value is -0.870. The average Bonchev–Trinajstić information content (AvgIpc) is 2.04. The summed E-state index contributed by atoms with van der Waals surface area (Å²) >= 11 is 0. The number of esters is 1. The van der Waals surface area contributed by atoms with Gasteiger partial charge in [-0.3, -0.25) is 0 Å². The molecule has 0 aliphatic carbocycles. The molecule has 4 heteroatoms. The summed E-state index contributed by atoms with van der Waals surface area (Å²) in [6.45, 7) is 4.15. The molecule has 2 N–H and O–H groups in total. The van der Waals surface area contributed by atoms with Gasteiger partial charge in [-0.2, -0.15) is 0 Å². The van der Waals surface area contributed by atoms with Crippen LogP contribution in [-0.2, 0) is 14.4 Å². The highest BCUT2D eigenvalue weighted by Gasteiger charge is 1.93. The minimum absolute atomic E-state index is 0.390. The van der Waals surface area contributed by atoms with Crippen molar-refractivity contribution in [3.05, 3.63) is 12.7 Å². The van der Waals surface area contributed by atoms with Crippen LogP contribution in [0, 0.1) is 0 Å². The van der Waals surface area contributed by atoms with Crippen LogP contribution < -0.4 is 5.90 Å². The Morgan fingerprint density at radius 2 is 2.09 bits per heavy atom. The highest BCUT2D eigenvalue weighted by Crippen LogP contribution is 1.90. The highest BCUT2D eigenvalue weighted by atomic mass is 16.6. The normalized spacial score (nSPS) is 9.18. The van der Waals surface area contributed by atoms with Gasteiger partial charge in [0.2, 0.25) is 0 Å². The van der Waals surface area contributed by atoms with Gasteiger partial charge in [0.1, 0.15) is 0 Å². The topological polar surface area (TPSA) is 61.5 Å². The molecule has 0 radical (unpaired) electrons. The van der Waals surface area contributed by atoms with Crippen LogP contribution in [0.5, 0.6) is 0 Å². The molecule has 0 aliphatic heterocycles. The molecule has 0 aromatic rings. The van der Waals surface area contributed by atoms with E-state index in [9.17, 15) is 4.79 Å². The van der Waals surface area contributed by atoms with E-state index in [1.165, 1.54) is 0 Å². The van der Waals surface area contributed by atoms with Crippen molar-refractivity contribution in [2.45, 2.75) is 12.8 Å². The third kappa shape index (κ3) is 7.02. The van der Waals surface area contributed by atoms with Crippen LogP contribution in [0.2, 0.25) is 0 Å². The second-order valence-corrected chi connectivity index (χ2v) is 1.95. The maximum atomic E-state index is 10.4. The summed E-state index contributed by atoms with van der Waals surface area (Å²) < 4.78 is 4.68. The first kappa shape index (κ1) is 10.1. The number of nitrogens with two attached hydrogens (primary N) is 1. The molecule has 0 saturated carbocycles. The summed E-state index contributed by atoms with van der Waals surface area (Å²) in [5, 5.41) is 0. The number of hydrogen-bond acceptors (Lipinski definition) is 4. The van der Waals surface area contributed by atoms with Crippen molar-refractivity contribution < 1.29 is 14.4 Å². The fraction of sp³-hybridized carbons (Fsp3) is 0.571. The predicted molar refractivity (Wildman–Crippen MR) is 40.5 cm³/mol. The largest absolute Gasteiger partial charge is 0.463 e. The molecule has 0 atom stereocenters. The van der Waals surface area contributed by atoms with Crippen molar-refractivity contribution in [1.82, 2.24) is 0 Å². The van der Waals surface area contributed by atoms with E-state index in [1.54, 1.807) is 0 Å². The van der Waals surface area contributed by atoms with E-state index in [-0.39, 0.29) is 0 Å². The van der Waals surface area contributed by atoms with Gasteiger partial charge in [0, 0.05) is 6.08 Å². The van der Waals surface area contributed by atoms with E-state index in [0.29, 0.717) is 13.2 Å². The predicted octanol–water partition coefficient (Wildman–Crippen LogP) is 0.386. The van der Waals surface area contributed by atoms with Gasteiger partial charge in [-0.15, -0.1) is 0 Å². The lowest BCUT2D eigenvalue weighted by atomic mass is 10.3. The summed E-state index contributed by atoms with van der Waals surface area (Å²) in [6.07, 6.45) is 2.69. The minimum Gasteiger partial charge on any atom is -0.463 e. The van der Waals surface area contributed by atoms with E-state index in [0.717, 1.165) is 18.9 Å². The van der Waals surface area contributed by atoms with E-state index in [2.05, 4.69) is 16.2 Å². The van der Waals surface area contributed by atoms with E-state index in [4.69, 9.17) is 5.90 Å². The first-order valence-corrected chi connectivity index (χ1v) is 3.42. The van der Waals surface area contributed by atoms with Gasteiger partial charge < -0.3 is 9.57 Å². The number of carbonyl (C=O) groups excluding carboxylic acids is 1. The number of unbranched alkanes of at least 4 members (excludes halogenated alkanes) is 1. The molecular formula is C7H13NO3. The summed E-state index contributed by atoms with van der Waals surface area (Å²) in [6, 6.07) is 0. The first-order chi connectivity index (χ1) is 5.31. The Morgan fingerprint density at radius 1 is 1.45 bits per heavy atom. The third-order valence-electron chi connectivity index (χ3n) is 1.07. The summed E-state index contributed by atoms with van der Waals surface area (Å²) in [5.74, 6) is 4.38. The van der Waals surface area contributed by atoms with E-state index >= 15 is 0 Å². The van der Waals surface area contributed by atoms with Crippen LogP contribution >= 0.6 is 0 Å². The zero-order chi connectivity index (χ0) is 8.53. The molecule has 0 unspecified atom stereocenters.